The zero-order valence-corrected chi connectivity index (χ0v) is 19.4. The molecule has 1 aliphatic heterocycles. The number of hydrogen-bond acceptors (Lipinski definition) is 4. The molecule has 4 rings (SSSR count). The number of thiocarbonyl (C=S) groups is 1. The van der Waals surface area contributed by atoms with Gasteiger partial charge in [0.05, 0.1) is 11.7 Å². The molecule has 1 fully saturated rings. The summed E-state index contributed by atoms with van der Waals surface area (Å²) in [5.74, 6) is -0.186. The van der Waals surface area contributed by atoms with Crippen molar-refractivity contribution in [1.29, 1.82) is 0 Å². The SMILES string of the molecule is COCC(=O)Nc1ccc(N2C(=S)N[C@H](c3ccccn3)[C@@H]2c2ccc(C)n2C)cc1C. The number of hydrogen-bond donors (Lipinski definition) is 2. The van der Waals surface area contributed by atoms with Gasteiger partial charge in [0.15, 0.2) is 5.11 Å². The number of carbonyl (C=O) groups excluding carboxylic acids is 1. The Hall–Kier alpha value is -3.23. The van der Waals surface area contributed by atoms with Gasteiger partial charge >= 0.3 is 0 Å². The number of carbonyl (C=O) groups is 1. The van der Waals surface area contributed by atoms with Gasteiger partial charge in [0.1, 0.15) is 12.6 Å². The van der Waals surface area contributed by atoms with Crippen molar-refractivity contribution in [3.8, 4) is 0 Å². The van der Waals surface area contributed by atoms with Gasteiger partial charge < -0.3 is 24.8 Å². The maximum Gasteiger partial charge on any atom is 0.250 e. The normalized spacial score (nSPS) is 18.0. The predicted octanol–water partition coefficient (Wildman–Crippen LogP) is 3.80. The van der Waals surface area contributed by atoms with Gasteiger partial charge in [-0.05, 0) is 74.1 Å². The summed E-state index contributed by atoms with van der Waals surface area (Å²) in [4.78, 5) is 18.7. The molecule has 3 heterocycles. The van der Waals surface area contributed by atoms with Gasteiger partial charge in [-0.25, -0.2) is 0 Å². The van der Waals surface area contributed by atoms with E-state index in [1.54, 1.807) is 6.20 Å². The lowest BCUT2D eigenvalue weighted by Crippen LogP contribution is -2.30. The van der Waals surface area contributed by atoms with Crippen molar-refractivity contribution in [2.45, 2.75) is 25.9 Å². The van der Waals surface area contributed by atoms with E-state index in [0.29, 0.717) is 5.11 Å². The summed E-state index contributed by atoms with van der Waals surface area (Å²) >= 11 is 5.80. The third-order valence-electron chi connectivity index (χ3n) is 5.85. The van der Waals surface area contributed by atoms with E-state index in [-0.39, 0.29) is 24.6 Å². The number of aromatic nitrogens is 2. The van der Waals surface area contributed by atoms with Crippen molar-refractivity contribution in [2.75, 3.05) is 23.9 Å². The van der Waals surface area contributed by atoms with Crippen LogP contribution in [0.3, 0.4) is 0 Å². The zero-order valence-electron chi connectivity index (χ0n) is 18.6. The van der Waals surface area contributed by atoms with Crippen molar-refractivity contribution in [1.82, 2.24) is 14.9 Å². The Bertz CT molecular complexity index is 1140. The molecule has 0 spiro atoms. The van der Waals surface area contributed by atoms with Gasteiger partial charge in [-0.15, -0.1) is 0 Å². The zero-order chi connectivity index (χ0) is 22.8. The highest BCUT2D eigenvalue weighted by atomic mass is 32.1. The van der Waals surface area contributed by atoms with E-state index in [1.807, 2.05) is 43.3 Å². The molecule has 7 nitrogen and oxygen atoms in total. The molecule has 32 heavy (non-hydrogen) atoms. The summed E-state index contributed by atoms with van der Waals surface area (Å²) in [6, 6.07) is 15.9. The second kappa shape index (κ2) is 9.10. The first kappa shape index (κ1) is 22.0. The van der Waals surface area contributed by atoms with Crippen molar-refractivity contribution in [3.05, 3.63) is 77.4 Å². The Morgan fingerprint density at radius 2 is 2.03 bits per heavy atom. The molecule has 0 radical (unpaired) electrons. The van der Waals surface area contributed by atoms with Crippen LogP contribution in [0.4, 0.5) is 11.4 Å². The van der Waals surface area contributed by atoms with Crippen LogP contribution in [0.25, 0.3) is 0 Å². The fourth-order valence-corrected chi connectivity index (χ4v) is 4.46. The van der Waals surface area contributed by atoms with E-state index in [0.717, 1.165) is 28.3 Å². The Morgan fingerprint density at radius 1 is 1.22 bits per heavy atom. The Morgan fingerprint density at radius 3 is 2.66 bits per heavy atom. The van der Waals surface area contributed by atoms with E-state index in [2.05, 4.69) is 51.2 Å². The quantitative estimate of drug-likeness (QED) is 0.558. The number of ether oxygens (including phenoxy) is 1. The standard InChI is InChI=1S/C24H27N5O2S/c1-15-13-17(9-10-18(15)26-21(30)14-31-4)29-23(20-11-8-16(2)28(20)3)22(27-24(29)32)19-7-5-6-12-25-19/h5-13,22-23H,14H2,1-4H3,(H,26,30)(H,27,32)/t22-,23+/m1/s1. The number of amides is 1. The monoisotopic (exact) mass is 449 g/mol. The predicted molar refractivity (Wildman–Crippen MR) is 130 cm³/mol. The van der Waals surface area contributed by atoms with Crippen LogP contribution in [0.5, 0.6) is 0 Å². The largest absolute Gasteiger partial charge is 0.375 e. The van der Waals surface area contributed by atoms with E-state index in [4.69, 9.17) is 17.0 Å². The smallest absolute Gasteiger partial charge is 0.250 e. The molecule has 2 aromatic heterocycles. The molecule has 1 aliphatic rings. The molecular formula is C24H27N5O2S. The molecule has 0 aliphatic carbocycles. The van der Waals surface area contributed by atoms with E-state index in [1.165, 1.54) is 12.8 Å². The summed E-state index contributed by atoms with van der Waals surface area (Å²) in [5.41, 5.74) is 5.89. The van der Waals surface area contributed by atoms with Crippen LogP contribution in [-0.2, 0) is 16.6 Å². The molecule has 166 valence electrons. The third kappa shape index (κ3) is 4.11. The molecule has 1 saturated heterocycles. The summed E-state index contributed by atoms with van der Waals surface area (Å²) in [6.07, 6.45) is 1.80. The van der Waals surface area contributed by atoms with E-state index < -0.39 is 0 Å². The second-order valence-electron chi connectivity index (χ2n) is 7.94. The van der Waals surface area contributed by atoms with Crippen LogP contribution < -0.4 is 15.5 Å². The van der Waals surface area contributed by atoms with Crippen molar-refractivity contribution in [3.63, 3.8) is 0 Å². The van der Waals surface area contributed by atoms with Crippen LogP contribution >= 0.6 is 12.2 Å². The Kier molecular flexibility index (Phi) is 6.25. The van der Waals surface area contributed by atoms with Crippen molar-refractivity contribution >= 4 is 34.6 Å². The highest BCUT2D eigenvalue weighted by molar-refractivity contribution is 7.80. The molecule has 2 atom stereocenters. The van der Waals surface area contributed by atoms with Gasteiger partial charge in [-0.1, -0.05) is 6.07 Å². The Balaban J connectivity index is 1.74. The van der Waals surface area contributed by atoms with Crippen LogP contribution in [0.15, 0.2) is 54.7 Å². The Labute approximate surface area is 193 Å². The molecule has 3 aromatic rings. The first-order chi connectivity index (χ1) is 15.4. The van der Waals surface area contributed by atoms with Gasteiger partial charge in [-0.2, -0.15) is 0 Å². The fourth-order valence-electron chi connectivity index (χ4n) is 4.12. The summed E-state index contributed by atoms with van der Waals surface area (Å²) < 4.78 is 7.10. The summed E-state index contributed by atoms with van der Waals surface area (Å²) in [5, 5.41) is 7.01. The van der Waals surface area contributed by atoms with Crippen LogP contribution in [0.2, 0.25) is 0 Å². The number of nitrogens with one attached hydrogen (secondary N) is 2. The summed E-state index contributed by atoms with van der Waals surface area (Å²) in [7, 11) is 3.57. The number of aryl methyl sites for hydroxylation is 2. The van der Waals surface area contributed by atoms with Gasteiger partial charge in [0.25, 0.3) is 0 Å². The number of benzene rings is 1. The number of methoxy groups -OCH3 is 1. The van der Waals surface area contributed by atoms with Gasteiger partial charge in [0.2, 0.25) is 5.91 Å². The molecule has 0 bridgehead atoms. The minimum absolute atomic E-state index is 0.0159. The first-order valence-electron chi connectivity index (χ1n) is 10.4. The fraction of sp³-hybridized carbons (Fsp3) is 0.292. The minimum atomic E-state index is -0.186. The molecule has 1 amide bonds. The van der Waals surface area contributed by atoms with Crippen LogP contribution in [-0.4, -0.2) is 34.3 Å². The molecule has 1 aromatic carbocycles. The first-order valence-corrected chi connectivity index (χ1v) is 10.8. The minimum Gasteiger partial charge on any atom is -0.375 e. The summed E-state index contributed by atoms with van der Waals surface area (Å²) in [6.45, 7) is 4.07. The maximum absolute atomic E-state index is 11.9. The lowest BCUT2D eigenvalue weighted by atomic mass is 10.0. The van der Waals surface area contributed by atoms with E-state index in [9.17, 15) is 4.79 Å². The number of pyridine rings is 1. The number of nitrogens with zero attached hydrogens (tertiary/aromatic N) is 3. The van der Waals surface area contributed by atoms with E-state index >= 15 is 0 Å². The molecule has 0 unspecified atom stereocenters. The average molecular weight is 450 g/mol. The lowest BCUT2D eigenvalue weighted by molar-refractivity contribution is -0.119. The maximum atomic E-state index is 11.9. The number of rotatable bonds is 6. The van der Waals surface area contributed by atoms with Crippen molar-refractivity contribution < 1.29 is 9.53 Å². The molecule has 8 heteroatoms. The molecule has 2 N–H and O–H groups in total. The van der Waals surface area contributed by atoms with Crippen LogP contribution in [0.1, 0.15) is 34.7 Å². The molecule has 0 saturated carbocycles. The third-order valence-corrected chi connectivity index (χ3v) is 6.17. The topological polar surface area (TPSA) is 71.4 Å². The molecular weight excluding hydrogens is 422 g/mol. The second-order valence-corrected chi connectivity index (χ2v) is 8.32. The van der Waals surface area contributed by atoms with Crippen LogP contribution in [0, 0.1) is 13.8 Å². The lowest BCUT2D eigenvalue weighted by Gasteiger charge is -2.29. The van der Waals surface area contributed by atoms with Gasteiger partial charge in [-0.3, -0.25) is 9.78 Å². The highest BCUT2D eigenvalue weighted by Crippen LogP contribution is 2.42. The number of anilines is 2. The van der Waals surface area contributed by atoms with Gasteiger partial charge in [0, 0.05) is 43.1 Å². The highest BCUT2D eigenvalue weighted by Gasteiger charge is 2.42. The average Bonchev–Trinajstić information content (AvgIpc) is 3.29. The van der Waals surface area contributed by atoms with Crippen molar-refractivity contribution in [2.24, 2.45) is 7.05 Å².